The van der Waals surface area contributed by atoms with Crippen molar-refractivity contribution in [1.29, 1.82) is 5.41 Å². The van der Waals surface area contributed by atoms with E-state index >= 15 is 0 Å². The smallest absolute Gasteiger partial charge is 0.291 e. The Morgan fingerprint density at radius 3 is 2.20 bits per heavy atom. The molecular weight excluding hydrogens is 382 g/mol. The summed E-state index contributed by atoms with van der Waals surface area (Å²) in [7, 11) is 0. The normalized spacial score (nSPS) is 17.0. The average molecular weight is 412 g/mol. The van der Waals surface area contributed by atoms with E-state index < -0.39 is 0 Å². The van der Waals surface area contributed by atoms with Gasteiger partial charge in [0, 0.05) is 31.9 Å². The first-order valence-corrected chi connectivity index (χ1v) is 10.7. The van der Waals surface area contributed by atoms with Gasteiger partial charge in [0.05, 0.1) is 11.4 Å². The summed E-state index contributed by atoms with van der Waals surface area (Å²) in [6, 6.07) is 9.23. The van der Waals surface area contributed by atoms with E-state index in [0.29, 0.717) is 0 Å². The number of piperidine rings is 2. The summed E-state index contributed by atoms with van der Waals surface area (Å²) >= 11 is 0. The second-order valence-corrected chi connectivity index (χ2v) is 7.90. The Labute approximate surface area is 176 Å². The summed E-state index contributed by atoms with van der Waals surface area (Å²) in [5.41, 5.74) is 4.73. The van der Waals surface area contributed by atoms with Crippen LogP contribution >= 0.6 is 0 Å². The molecule has 2 aliphatic rings. The molecule has 1 amide bonds. The molecule has 2 saturated heterocycles. The van der Waals surface area contributed by atoms with E-state index in [2.05, 4.69) is 27.2 Å². The SMILES string of the molecule is N=C(NO)c1ccc(C(=O)Nc2ccc(N3CCCCC3)cc2N2CCCCC2)o1. The van der Waals surface area contributed by atoms with Gasteiger partial charge in [-0.15, -0.1) is 0 Å². The maximum Gasteiger partial charge on any atom is 0.291 e. The maximum absolute atomic E-state index is 12.8. The van der Waals surface area contributed by atoms with Crippen LogP contribution in [0.15, 0.2) is 34.7 Å². The molecule has 0 atom stereocenters. The van der Waals surface area contributed by atoms with Crippen LogP contribution in [0, 0.1) is 5.41 Å². The van der Waals surface area contributed by atoms with Gasteiger partial charge in [-0.3, -0.25) is 15.4 Å². The number of hydroxylamine groups is 1. The summed E-state index contributed by atoms with van der Waals surface area (Å²) in [6.45, 7) is 4.11. The molecule has 1 aromatic heterocycles. The second-order valence-electron chi connectivity index (χ2n) is 7.90. The van der Waals surface area contributed by atoms with Crippen LogP contribution in [0.4, 0.5) is 17.1 Å². The van der Waals surface area contributed by atoms with Crippen molar-refractivity contribution >= 4 is 28.8 Å². The van der Waals surface area contributed by atoms with Gasteiger partial charge in [-0.05, 0) is 68.9 Å². The van der Waals surface area contributed by atoms with E-state index in [1.165, 1.54) is 43.5 Å². The molecule has 4 rings (SSSR count). The fourth-order valence-corrected chi connectivity index (χ4v) is 4.20. The lowest BCUT2D eigenvalue weighted by Crippen LogP contribution is -2.32. The summed E-state index contributed by atoms with van der Waals surface area (Å²) in [5, 5.41) is 19.4. The first kappa shape index (κ1) is 20.3. The van der Waals surface area contributed by atoms with Crippen LogP contribution in [0.2, 0.25) is 0 Å². The maximum atomic E-state index is 12.8. The summed E-state index contributed by atoms with van der Waals surface area (Å²) in [5.74, 6) is -0.487. The van der Waals surface area contributed by atoms with Crippen molar-refractivity contribution in [3.8, 4) is 0 Å². The quantitative estimate of drug-likeness (QED) is 0.339. The largest absolute Gasteiger partial charge is 0.448 e. The number of amides is 1. The Morgan fingerprint density at radius 1 is 0.900 bits per heavy atom. The number of furan rings is 1. The summed E-state index contributed by atoms with van der Waals surface area (Å²) < 4.78 is 5.39. The van der Waals surface area contributed by atoms with Crippen molar-refractivity contribution in [2.45, 2.75) is 38.5 Å². The van der Waals surface area contributed by atoms with Gasteiger partial charge in [-0.2, -0.15) is 0 Å². The number of rotatable bonds is 5. The van der Waals surface area contributed by atoms with Crippen LogP contribution in [0.3, 0.4) is 0 Å². The fraction of sp³-hybridized carbons (Fsp3) is 0.455. The molecular formula is C22H29N5O3. The van der Waals surface area contributed by atoms with Gasteiger partial charge in [0.2, 0.25) is 0 Å². The molecule has 0 saturated carbocycles. The first-order valence-electron chi connectivity index (χ1n) is 10.7. The van der Waals surface area contributed by atoms with E-state index in [1.54, 1.807) is 5.48 Å². The minimum absolute atomic E-state index is 0.0923. The molecule has 0 unspecified atom stereocenters. The molecule has 8 heteroatoms. The van der Waals surface area contributed by atoms with Crippen molar-refractivity contribution < 1.29 is 14.4 Å². The zero-order valence-electron chi connectivity index (χ0n) is 17.1. The molecule has 160 valence electrons. The Balaban J connectivity index is 1.58. The van der Waals surface area contributed by atoms with Crippen LogP contribution in [-0.4, -0.2) is 43.1 Å². The van der Waals surface area contributed by atoms with Crippen molar-refractivity contribution in [2.24, 2.45) is 0 Å². The van der Waals surface area contributed by atoms with Gasteiger partial charge in [0.25, 0.3) is 5.91 Å². The number of amidine groups is 1. The van der Waals surface area contributed by atoms with Crippen LogP contribution in [-0.2, 0) is 0 Å². The van der Waals surface area contributed by atoms with E-state index in [-0.39, 0.29) is 23.3 Å². The van der Waals surface area contributed by atoms with Crippen molar-refractivity contribution in [3.63, 3.8) is 0 Å². The molecule has 0 radical (unpaired) electrons. The Kier molecular flexibility index (Phi) is 6.23. The standard InChI is InChI=1S/C22H29N5O3/c23-21(25-29)19-9-10-20(30-19)22(28)24-17-8-7-16(26-11-3-1-4-12-26)15-18(17)27-13-5-2-6-14-27/h7-10,15,29H,1-6,11-14H2,(H2,23,25)(H,24,28). The monoisotopic (exact) mass is 411 g/mol. The van der Waals surface area contributed by atoms with Gasteiger partial charge >= 0.3 is 0 Å². The molecule has 4 N–H and O–H groups in total. The Morgan fingerprint density at radius 2 is 1.53 bits per heavy atom. The lowest BCUT2D eigenvalue weighted by molar-refractivity contribution is 0.0996. The molecule has 1 aromatic carbocycles. The van der Waals surface area contributed by atoms with Gasteiger partial charge in [0.1, 0.15) is 0 Å². The van der Waals surface area contributed by atoms with Crippen molar-refractivity contribution in [2.75, 3.05) is 41.3 Å². The number of hydrogen-bond acceptors (Lipinski definition) is 6. The van der Waals surface area contributed by atoms with Crippen LogP contribution in [0.1, 0.15) is 54.8 Å². The lowest BCUT2D eigenvalue weighted by Gasteiger charge is -2.33. The highest BCUT2D eigenvalue weighted by Gasteiger charge is 2.21. The van der Waals surface area contributed by atoms with E-state index in [0.717, 1.165) is 50.4 Å². The topological polar surface area (TPSA) is 105 Å². The third kappa shape index (κ3) is 4.43. The first-order chi connectivity index (χ1) is 14.7. The highest BCUT2D eigenvalue weighted by molar-refractivity contribution is 6.05. The Hall–Kier alpha value is -3.00. The predicted octanol–water partition coefficient (Wildman–Crippen LogP) is 3.82. The lowest BCUT2D eigenvalue weighted by atomic mass is 10.1. The molecule has 8 nitrogen and oxygen atoms in total. The van der Waals surface area contributed by atoms with Crippen LogP contribution in [0.25, 0.3) is 0 Å². The molecule has 0 spiro atoms. The molecule has 3 heterocycles. The fourth-order valence-electron chi connectivity index (χ4n) is 4.20. The molecule has 30 heavy (non-hydrogen) atoms. The van der Waals surface area contributed by atoms with E-state index in [1.807, 2.05) is 6.07 Å². The number of anilines is 3. The zero-order valence-corrected chi connectivity index (χ0v) is 17.1. The third-order valence-electron chi connectivity index (χ3n) is 5.84. The molecule has 2 aliphatic heterocycles. The van der Waals surface area contributed by atoms with Crippen LogP contribution in [0.5, 0.6) is 0 Å². The van der Waals surface area contributed by atoms with E-state index in [4.69, 9.17) is 15.0 Å². The minimum atomic E-state index is -0.379. The molecule has 0 aliphatic carbocycles. The predicted molar refractivity (Wildman–Crippen MR) is 117 cm³/mol. The molecule has 0 bridgehead atoms. The summed E-state index contributed by atoms with van der Waals surface area (Å²) in [4.78, 5) is 17.6. The highest BCUT2D eigenvalue weighted by Crippen LogP contribution is 2.34. The van der Waals surface area contributed by atoms with Gasteiger partial charge in [-0.25, -0.2) is 5.48 Å². The van der Waals surface area contributed by atoms with Gasteiger partial charge < -0.3 is 19.5 Å². The molecule has 2 fully saturated rings. The Bertz CT molecular complexity index is 898. The highest BCUT2D eigenvalue weighted by atomic mass is 16.5. The number of nitrogens with one attached hydrogen (secondary N) is 3. The van der Waals surface area contributed by atoms with E-state index in [9.17, 15) is 4.79 Å². The number of nitrogens with zero attached hydrogens (tertiary/aromatic N) is 2. The molecule has 2 aromatic rings. The van der Waals surface area contributed by atoms with Gasteiger partial charge in [0.15, 0.2) is 17.4 Å². The summed E-state index contributed by atoms with van der Waals surface area (Å²) in [6.07, 6.45) is 7.27. The second kappa shape index (κ2) is 9.21. The minimum Gasteiger partial charge on any atom is -0.448 e. The van der Waals surface area contributed by atoms with Crippen molar-refractivity contribution in [3.05, 3.63) is 41.9 Å². The third-order valence-corrected chi connectivity index (χ3v) is 5.84. The number of carbonyl (C=O) groups excluding carboxylic acids is 1. The van der Waals surface area contributed by atoms with Crippen molar-refractivity contribution in [1.82, 2.24) is 5.48 Å². The van der Waals surface area contributed by atoms with Crippen LogP contribution < -0.4 is 20.6 Å². The number of benzene rings is 1. The van der Waals surface area contributed by atoms with Gasteiger partial charge in [-0.1, -0.05) is 0 Å². The number of carbonyl (C=O) groups is 1. The number of hydrogen-bond donors (Lipinski definition) is 4. The average Bonchev–Trinajstić information content (AvgIpc) is 3.30. The zero-order chi connectivity index (χ0) is 20.9.